The van der Waals surface area contributed by atoms with Gasteiger partial charge in [0, 0.05) is 12.1 Å². The Morgan fingerprint density at radius 3 is 2.84 bits per heavy atom. The van der Waals surface area contributed by atoms with Crippen molar-refractivity contribution in [1.82, 2.24) is 0 Å². The van der Waals surface area contributed by atoms with E-state index in [1.54, 1.807) is 11.8 Å². The van der Waals surface area contributed by atoms with Crippen LogP contribution in [0.15, 0.2) is 24.3 Å². The van der Waals surface area contributed by atoms with Crippen molar-refractivity contribution in [2.45, 2.75) is 39.2 Å². The molecule has 0 bridgehead atoms. The molecule has 2 rings (SSSR count). The number of aryl methyl sites for hydroxylation is 1. The van der Waals surface area contributed by atoms with Gasteiger partial charge in [-0.15, -0.1) is 0 Å². The molecule has 1 aromatic rings. The first-order valence-corrected chi connectivity index (χ1v) is 6.69. The molecular formula is C15H19NO3. The van der Waals surface area contributed by atoms with Crippen LogP contribution in [0, 0.1) is 6.92 Å². The van der Waals surface area contributed by atoms with Gasteiger partial charge in [-0.1, -0.05) is 18.2 Å². The first-order valence-electron chi connectivity index (χ1n) is 6.69. The smallest absolute Gasteiger partial charge is 0.329 e. The van der Waals surface area contributed by atoms with Crippen molar-refractivity contribution in [2.24, 2.45) is 0 Å². The molecule has 4 nitrogen and oxygen atoms in total. The summed E-state index contributed by atoms with van der Waals surface area (Å²) in [7, 11) is 0. The molecule has 0 saturated carbocycles. The molecule has 1 aromatic carbocycles. The van der Waals surface area contributed by atoms with Crippen LogP contribution in [-0.4, -0.2) is 24.5 Å². The van der Waals surface area contributed by atoms with Crippen LogP contribution in [0.1, 0.15) is 31.7 Å². The number of esters is 1. The number of anilines is 1. The van der Waals surface area contributed by atoms with E-state index in [0.29, 0.717) is 19.4 Å². The van der Waals surface area contributed by atoms with Gasteiger partial charge in [0.25, 0.3) is 0 Å². The minimum atomic E-state index is -0.484. The first-order chi connectivity index (χ1) is 9.15. The van der Waals surface area contributed by atoms with Crippen LogP contribution in [0.25, 0.3) is 0 Å². The highest BCUT2D eigenvalue weighted by molar-refractivity contribution is 6.01. The average Bonchev–Trinajstić information content (AvgIpc) is 2.40. The Morgan fingerprint density at radius 1 is 1.42 bits per heavy atom. The molecular weight excluding hydrogens is 242 g/mol. The van der Waals surface area contributed by atoms with E-state index in [0.717, 1.165) is 17.7 Å². The van der Waals surface area contributed by atoms with E-state index in [9.17, 15) is 9.59 Å². The zero-order valence-corrected chi connectivity index (χ0v) is 11.4. The number of piperidine rings is 1. The molecule has 1 atom stereocenters. The number of carbonyl (C=O) groups excluding carboxylic acids is 2. The molecule has 1 aliphatic rings. The van der Waals surface area contributed by atoms with E-state index in [1.165, 1.54) is 0 Å². The Bertz CT molecular complexity index is 484. The van der Waals surface area contributed by atoms with E-state index in [-0.39, 0.29) is 11.9 Å². The van der Waals surface area contributed by atoms with Crippen LogP contribution in [0.4, 0.5) is 5.69 Å². The lowest BCUT2D eigenvalue weighted by Crippen LogP contribution is -2.49. The third-order valence-electron chi connectivity index (χ3n) is 3.38. The first kappa shape index (κ1) is 13.6. The lowest BCUT2D eigenvalue weighted by Gasteiger charge is -2.34. The average molecular weight is 261 g/mol. The monoisotopic (exact) mass is 261 g/mol. The maximum Gasteiger partial charge on any atom is 0.329 e. The Kier molecular flexibility index (Phi) is 4.20. The third kappa shape index (κ3) is 2.78. The molecule has 0 spiro atoms. The van der Waals surface area contributed by atoms with Gasteiger partial charge in [0.2, 0.25) is 5.91 Å². The number of para-hydroxylation sites is 1. The number of rotatable bonds is 3. The summed E-state index contributed by atoms with van der Waals surface area (Å²) in [5.74, 6) is -0.308. The van der Waals surface area contributed by atoms with Crippen LogP contribution in [0.5, 0.6) is 0 Å². The van der Waals surface area contributed by atoms with Crippen molar-refractivity contribution in [3.8, 4) is 0 Å². The highest BCUT2D eigenvalue weighted by Gasteiger charge is 2.35. The predicted molar refractivity (Wildman–Crippen MR) is 72.9 cm³/mol. The van der Waals surface area contributed by atoms with Crippen molar-refractivity contribution in [2.75, 3.05) is 11.5 Å². The summed E-state index contributed by atoms with van der Waals surface area (Å²) in [5.41, 5.74) is 1.80. The summed E-state index contributed by atoms with van der Waals surface area (Å²) in [6.45, 7) is 4.06. The van der Waals surface area contributed by atoms with Gasteiger partial charge in [-0.25, -0.2) is 4.79 Å². The molecule has 1 amide bonds. The summed E-state index contributed by atoms with van der Waals surface area (Å²) in [6.07, 6.45) is 1.90. The van der Waals surface area contributed by atoms with E-state index in [1.807, 2.05) is 31.2 Å². The highest BCUT2D eigenvalue weighted by atomic mass is 16.5. The molecule has 19 heavy (non-hydrogen) atoms. The Balaban J connectivity index is 2.34. The molecule has 0 aliphatic carbocycles. The van der Waals surface area contributed by atoms with Gasteiger partial charge in [-0.05, 0) is 38.3 Å². The van der Waals surface area contributed by atoms with Crippen LogP contribution in [0.3, 0.4) is 0 Å². The highest BCUT2D eigenvalue weighted by Crippen LogP contribution is 2.28. The molecule has 0 N–H and O–H groups in total. The molecule has 0 aromatic heterocycles. The van der Waals surface area contributed by atoms with Gasteiger partial charge >= 0.3 is 5.97 Å². The number of nitrogens with zero attached hydrogens (tertiary/aromatic N) is 1. The SMILES string of the molecule is CCOC(=O)C1CCCC(=O)N1c1ccccc1C. The molecule has 1 heterocycles. The number of benzene rings is 1. The van der Waals surface area contributed by atoms with Crippen LogP contribution >= 0.6 is 0 Å². The molecule has 1 fully saturated rings. The fourth-order valence-electron chi connectivity index (χ4n) is 2.47. The maximum absolute atomic E-state index is 12.2. The van der Waals surface area contributed by atoms with Gasteiger partial charge in [-0.2, -0.15) is 0 Å². The summed E-state index contributed by atoms with van der Waals surface area (Å²) >= 11 is 0. The number of hydrogen-bond acceptors (Lipinski definition) is 3. The van der Waals surface area contributed by atoms with Crippen molar-refractivity contribution in [3.05, 3.63) is 29.8 Å². The number of ether oxygens (including phenoxy) is 1. The van der Waals surface area contributed by atoms with Crippen LogP contribution in [-0.2, 0) is 14.3 Å². The van der Waals surface area contributed by atoms with Gasteiger partial charge in [0.15, 0.2) is 0 Å². The fraction of sp³-hybridized carbons (Fsp3) is 0.467. The second kappa shape index (κ2) is 5.87. The number of hydrogen-bond donors (Lipinski definition) is 0. The van der Waals surface area contributed by atoms with Gasteiger partial charge in [0.1, 0.15) is 6.04 Å². The van der Waals surface area contributed by atoms with Crippen LogP contribution < -0.4 is 4.90 Å². The third-order valence-corrected chi connectivity index (χ3v) is 3.38. The Hall–Kier alpha value is -1.84. The molecule has 102 valence electrons. The lowest BCUT2D eigenvalue weighted by atomic mass is 9.99. The predicted octanol–water partition coefficient (Wildman–Crippen LogP) is 2.44. The van der Waals surface area contributed by atoms with Gasteiger partial charge < -0.3 is 4.74 Å². The Morgan fingerprint density at radius 2 is 2.16 bits per heavy atom. The maximum atomic E-state index is 12.2. The van der Waals surface area contributed by atoms with Crippen molar-refractivity contribution < 1.29 is 14.3 Å². The quantitative estimate of drug-likeness (QED) is 0.785. The minimum absolute atomic E-state index is 0.00129. The summed E-state index contributed by atoms with van der Waals surface area (Å²) < 4.78 is 5.09. The lowest BCUT2D eigenvalue weighted by molar-refractivity contribution is -0.146. The van der Waals surface area contributed by atoms with E-state index < -0.39 is 6.04 Å². The topological polar surface area (TPSA) is 46.6 Å². The second-order valence-electron chi connectivity index (χ2n) is 4.71. The molecule has 1 saturated heterocycles. The fourth-order valence-corrected chi connectivity index (χ4v) is 2.47. The largest absolute Gasteiger partial charge is 0.464 e. The van der Waals surface area contributed by atoms with Gasteiger partial charge in [-0.3, -0.25) is 9.69 Å². The number of carbonyl (C=O) groups is 2. The number of amides is 1. The minimum Gasteiger partial charge on any atom is -0.464 e. The molecule has 1 aliphatic heterocycles. The summed E-state index contributed by atoms with van der Waals surface area (Å²) in [4.78, 5) is 25.8. The molecule has 4 heteroatoms. The zero-order valence-electron chi connectivity index (χ0n) is 11.4. The van der Waals surface area contributed by atoms with Crippen molar-refractivity contribution >= 4 is 17.6 Å². The van der Waals surface area contributed by atoms with E-state index in [4.69, 9.17) is 4.74 Å². The van der Waals surface area contributed by atoms with Gasteiger partial charge in [0.05, 0.1) is 6.61 Å². The van der Waals surface area contributed by atoms with Crippen molar-refractivity contribution in [1.29, 1.82) is 0 Å². The molecule has 0 radical (unpaired) electrons. The second-order valence-corrected chi connectivity index (χ2v) is 4.71. The van der Waals surface area contributed by atoms with Crippen molar-refractivity contribution in [3.63, 3.8) is 0 Å². The normalized spacial score (nSPS) is 19.4. The summed E-state index contributed by atoms with van der Waals surface area (Å²) in [5, 5.41) is 0. The molecule has 1 unspecified atom stereocenters. The standard InChI is InChI=1S/C15H19NO3/c1-3-19-15(18)13-9-6-10-14(17)16(13)12-8-5-4-7-11(12)2/h4-5,7-8,13H,3,6,9-10H2,1-2H3. The van der Waals surface area contributed by atoms with E-state index >= 15 is 0 Å². The van der Waals surface area contributed by atoms with Crippen LogP contribution in [0.2, 0.25) is 0 Å². The van der Waals surface area contributed by atoms with E-state index in [2.05, 4.69) is 0 Å². The zero-order chi connectivity index (χ0) is 13.8. The Labute approximate surface area is 113 Å². The summed E-state index contributed by atoms with van der Waals surface area (Å²) in [6, 6.07) is 7.14.